The van der Waals surface area contributed by atoms with E-state index in [4.69, 9.17) is 5.11 Å². The first-order valence-electron chi connectivity index (χ1n) is 6.92. The summed E-state index contributed by atoms with van der Waals surface area (Å²) >= 11 is 0. The molecule has 0 unspecified atom stereocenters. The Kier molecular flexibility index (Phi) is 3.84. The van der Waals surface area contributed by atoms with Crippen LogP contribution in [0.2, 0.25) is 0 Å². The van der Waals surface area contributed by atoms with E-state index >= 15 is 0 Å². The van der Waals surface area contributed by atoms with Gasteiger partial charge in [0, 0.05) is 17.8 Å². The van der Waals surface area contributed by atoms with Crippen LogP contribution in [0.4, 0.5) is 13.2 Å². The quantitative estimate of drug-likeness (QED) is 0.734. The molecule has 0 amide bonds. The van der Waals surface area contributed by atoms with Crippen LogP contribution in [0.25, 0.3) is 23.0 Å². The first-order valence-corrected chi connectivity index (χ1v) is 6.92. The summed E-state index contributed by atoms with van der Waals surface area (Å²) in [6, 6.07) is 9.95. The molecule has 7 heteroatoms. The first kappa shape index (κ1) is 15.8. The summed E-state index contributed by atoms with van der Waals surface area (Å²) in [7, 11) is 0. The number of carboxylic acid groups (broad SMARTS) is 1. The summed E-state index contributed by atoms with van der Waals surface area (Å²) in [5.74, 6) is -0.674. The van der Waals surface area contributed by atoms with Crippen molar-refractivity contribution >= 4 is 17.6 Å². The number of fused-ring (bicyclic) bond motifs is 1. The number of nitrogens with zero attached hydrogens (tertiary/aromatic N) is 2. The summed E-state index contributed by atoms with van der Waals surface area (Å²) in [5.41, 5.74) is 0.843. The lowest BCUT2D eigenvalue weighted by atomic mass is 10.1. The molecular weight excluding hydrogens is 321 g/mol. The number of hydrogen-bond acceptors (Lipinski definition) is 2. The molecule has 0 aliphatic rings. The van der Waals surface area contributed by atoms with E-state index in [1.807, 2.05) is 0 Å². The molecule has 1 aromatic carbocycles. The largest absolute Gasteiger partial charge is 0.478 e. The Morgan fingerprint density at radius 1 is 1.12 bits per heavy atom. The summed E-state index contributed by atoms with van der Waals surface area (Å²) < 4.78 is 39.7. The summed E-state index contributed by atoms with van der Waals surface area (Å²) in [6.45, 7) is 0. The van der Waals surface area contributed by atoms with Gasteiger partial charge < -0.3 is 5.11 Å². The average Bonchev–Trinajstić information content (AvgIpc) is 2.91. The summed E-state index contributed by atoms with van der Waals surface area (Å²) in [6.07, 6.45) is -0.368. The highest BCUT2D eigenvalue weighted by atomic mass is 19.4. The third kappa shape index (κ3) is 3.01. The molecule has 1 N–H and O–H groups in total. The molecule has 0 spiro atoms. The van der Waals surface area contributed by atoms with Crippen molar-refractivity contribution < 1.29 is 23.1 Å². The van der Waals surface area contributed by atoms with Crippen LogP contribution in [0.5, 0.6) is 0 Å². The van der Waals surface area contributed by atoms with E-state index in [1.54, 1.807) is 28.8 Å². The molecular formula is C17H11F3N2O2. The minimum absolute atomic E-state index is 0.424. The van der Waals surface area contributed by atoms with Crippen molar-refractivity contribution in [3.05, 3.63) is 66.0 Å². The predicted molar refractivity (Wildman–Crippen MR) is 82.3 cm³/mol. The Balaban J connectivity index is 2.11. The highest BCUT2D eigenvalue weighted by molar-refractivity contribution is 5.87. The number of aliphatic carboxylic acids is 1. The zero-order chi connectivity index (χ0) is 17.3. The highest BCUT2D eigenvalue weighted by Gasteiger charge is 2.30. The molecule has 0 saturated heterocycles. The van der Waals surface area contributed by atoms with Crippen LogP contribution in [0.15, 0.2) is 54.7 Å². The lowest BCUT2D eigenvalue weighted by Gasteiger charge is -2.07. The molecule has 4 nitrogen and oxygen atoms in total. The Morgan fingerprint density at radius 2 is 1.83 bits per heavy atom. The van der Waals surface area contributed by atoms with Crippen molar-refractivity contribution in [2.75, 3.05) is 0 Å². The minimum atomic E-state index is -4.40. The number of carboxylic acids is 1. The molecule has 24 heavy (non-hydrogen) atoms. The van der Waals surface area contributed by atoms with Crippen LogP contribution in [0, 0.1) is 0 Å². The maximum atomic E-state index is 12.7. The molecule has 3 rings (SSSR count). The Hall–Kier alpha value is -3.09. The second-order valence-corrected chi connectivity index (χ2v) is 5.02. The third-order valence-corrected chi connectivity index (χ3v) is 3.43. The number of carbonyl (C=O) groups is 1. The van der Waals surface area contributed by atoms with Gasteiger partial charge in [-0.2, -0.15) is 13.2 Å². The second-order valence-electron chi connectivity index (χ2n) is 5.02. The van der Waals surface area contributed by atoms with Gasteiger partial charge in [0.05, 0.1) is 16.8 Å². The molecule has 2 aromatic heterocycles. The van der Waals surface area contributed by atoms with E-state index in [1.165, 1.54) is 18.2 Å². The number of benzene rings is 1. The molecule has 0 fully saturated rings. The summed E-state index contributed by atoms with van der Waals surface area (Å²) in [4.78, 5) is 15.0. The lowest BCUT2D eigenvalue weighted by Crippen LogP contribution is -2.04. The van der Waals surface area contributed by atoms with Crippen molar-refractivity contribution in [3.63, 3.8) is 0 Å². The topological polar surface area (TPSA) is 54.6 Å². The van der Waals surface area contributed by atoms with Gasteiger partial charge in [0.2, 0.25) is 0 Å². The Morgan fingerprint density at radius 3 is 2.46 bits per heavy atom. The van der Waals surface area contributed by atoms with Crippen molar-refractivity contribution in [2.24, 2.45) is 0 Å². The molecule has 0 atom stereocenters. The SMILES string of the molecule is O=C(O)/C=C/c1nc(-c2ccc(C(F)(F)F)cc2)n2ccccc12. The molecule has 0 bridgehead atoms. The molecule has 3 aromatic rings. The first-order chi connectivity index (χ1) is 11.4. The maximum Gasteiger partial charge on any atom is 0.416 e. The van der Waals surface area contributed by atoms with Crippen molar-refractivity contribution in [2.45, 2.75) is 6.18 Å². The molecule has 0 aliphatic heterocycles. The Labute approximate surface area is 134 Å². The number of halogens is 3. The van der Waals surface area contributed by atoms with E-state index < -0.39 is 17.7 Å². The van der Waals surface area contributed by atoms with Gasteiger partial charge in [-0.05, 0) is 30.3 Å². The lowest BCUT2D eigenvalue weighted by molar-refractivity contribution is -0.137. The van der Waals surface area contributed by atoms with E-state index in [0.29, 0.717) is 22.6 Å². The third-order valence-electron chi connectivity index (χ3n) is 3.43. The number of imidazole rings is 1. The zero-order valence-electron chi connectivity index (χ0n) is 12.2. The number of hydrogen-bond donors (Lipinski definition) is 1. The number of pyridine rings is 1. The van der Waals surface area contributed by atoms with E-state index in [0.717, 1.165) is 18.2 Å². The molecule has 0 radical (unpaired) electrons. The van der Waals surface area contributed by atoms with Gasteiger partial charge in [-0.15, -0.1) is 0 Å². The predicted octanol–water partition coefficient (Wildman–Crippen LogP) is 4.12. The van der Waals surface area contributed by atoms with Gasteiger partial charge in [-0.25, -0.2) is 9.78 Å². The van der Waals surface area contributed by atoms with Crippen LogP contribution in [-0.4, -0.2) is 20.5 Å². The fourth-order valence-corrected chi connectivity index (χ4v) is 2.35. The highest BCUT2D eigenvalue weighted by Crippen LogP contribution is 2.31. The monoisotopic (exact) mass is 332 g/mol. The smallest absolute Gasteiger partial charge is 0.416 e. The van der Waals surface area contributed by atoms with Gasteiger partial charge in [-0.3, -0.25) is 4.40 Å². The molecule has 2 heterocycles. The van der Waals surface area contributed by atoms with Crippen molar-refractivity contribution in [3.8, 4) is 11.4 Å². The van der Waals surface area contributed by atoms with Crippen molar-refractivity contribution in [1.82, 2.24) is 9.38 Å². The van der Waals surface area contributed by atoms with Crippen LogP contribution in [-0.2, 0) is 11.0 Å². The summed E-state index contributed by atoms with van der Waals surface area (Å²) in [5, 5.41) is 8.75. The van der Waals surface area contributed by atoms with E-state index in [9.17, 15) is 18.0 Å². The fourth-order valence-electron chi connectivity index (χ4n) is 2.35. The average molecular weight is 332 g/mol. The van der Waals surface area contributed by atoms with E-state index in [2.05, 4.69) is 4.98 Å². The van der Waals surface area contributed by atoms with Crippen LogP contribution >= 0.6 is 0 Å². The van der Waals surface area contributed by atoms with Crippen LogP contribution in [0.3, 0.4) is 0 Å². The van der Waals surface area contributed by atoms with Gasteiger partial charge in [0.25, 0.3) is 0 Å². The number of alkyl halides is 3. The number of aromatic nitrogens is 2. The number of rotatable bonds is 3. The van der Waals surface area contributed by atoms with Gasteiger partial charge >= 0.3 is 12.1 Å². The van der Waals surface area contributed by atoms with Crippen LogP contribution < -0.4 is 0 Å². The molecule has 122 valence electrons. The normalized spacial score (nSPS) is 12.1. The fraction of sp³-hybridized carbons (Fsp3) is 0.0588. The molecule has 0 saturated carbocycles. The molecule has 0 aliphatic carbocycles. The van der Waals surface area contributed by atoms with Crippen LogP contribution in [0.1, 0.15) is 11.3 Å². The minimum Gasteiger partial charge on any atom is -0.478 e. The standard InChI is InChI=1S/C17H11F3N2O2/c18-17(19,20)12-6-4-11(5-7-12)16-21-13(8-9-15(23)24)14-3-1-2-10-22(14)16/h1-10H,(H,23,24)/b9-8+. The maximum absolute atomic E-state index is 12.7. The zero-order valence-corrected chi connectivity index (χ0v) is 12.2. The van der Waals surface area contributed by atoms with Gasteiger partial charge in [0.15, 0.2) is 0 Å². The van der Waals surface area contributed by atoms with Gasteiger partial charge in [0.1, 0.15) is 5.82 Å². The van der Waals surface area contributed by atoms with E-state index in [-0.39, 0.29) is 0 Å². The second kappa shape index (κ2) is 5.84. The Bertz CT molecular complexity index is 925. The van der Waals surface area contributed by atoms with Gasteiger partial charge in [-0.1, -0.05) is 18.2 Å². The van der Waals surface area contributed by atoms with Crippen molar-refractivity contribution in [1.29, 1.82) is 0 Å².